The summed E-state index contributed by atoms with van der Waals surface area (Å²) in [5.74, 6) is -0.480. The SMILES string of the molecule is CC(C)NC(=O)CC1S/C(=N/N=Cc2ccc([N+](=O)[O-])cc2)NC1=O. The number of thioether (sulfide) groups is 1. The lowest BCUT2D eigenvalue weighted by Crippen LogP contribution is -2.34. The second-order valence-corrected chi connectivity index (χ2v) is 6.71. The fourth-order valence-corrected chi connectivity index (χ4v) is 2.89. The number of hydrogen-bond acceptors (Lipinski definition) is 7. The molecule has 1 saturated heterocycles. The van der Waals surface area contributed by atoms with Gasteiger partial charge in [0.2, 0.25) is 11.8 Å². The zero-order valence-electron chi connectivity index (χ0n) is 13.6. The number of rotatable bonds is 6. The van der Waals surface area contributed by atoms with Gasteiger partial charge in [0.05, 0.1) is 11.1 Å². The van der Waals surface area contributed by atoms with E-state index in [4.69, 9.17) is 0 Å². The topological polar surface area (TPSA) is 126 Å². The molecule has 1 atom stereocenters. The zero-order valence-corrected chi connectivity index (χ0v) is 14.4. The van der Waals surface area contributed by atoms with Gasteiger partial charge in [0.1, 0.15) is 5.25 Å². The molecule has 1 aliphatic rings. The number of non-ortho nitro benzene ring substituents is 1. The molecule has 10 heteroatoms. The number of nitrogens with zero attached hydrogens (tertiary/aromatic N) is 3. The van der Waals surface area contributed by atoms with Crippen LogP contribution in [0.2, 0.25) is 0 Å². The number of benzene rings is 1. The Balaban J connectivity index is 1.92. The summed E-state index contributed by atoms with van der Waals surface area (Å²) in [6.45, 7) is 3.69. The molecule has 1 aromatic carbocycles. The van der Waals surface area contributed by atoms with Gasteiger partial charge in [-0.15, -0.1) is 5.10 Å². The summed E-state index contributed by atoms with van der Waals surface area (Å²) in [5.41, 5.74) is 0.627. The van der Waals surface area contributed by atoms with Crippen LogP contribution >= 0.6 is 11.8 Å². The molecule has 0 spiro atoms. The number of amidine groups is 1. The molecule has 0 aromatic heterocycles. The van der Waals surface area contributed by atoms with Crippen molar-refractivity contribution in [2.45, 2.75) is 31.6 Å². The van der Waals surface area contributed by atoms with Crippen LogP contribution in [0.4, 0.5) is 5.69 Å². The van der Waals surface area contributed by atoms with Crippen LogP contribution in [0.3, 0.4) is 0 Å². The van der Waals surface area contributed by atoms with Gasteiger partial charge in [-0.05, 0) is 31.5 Å². The van der Waals surface area contributed by atoms with Crippen molar-refractivity contribution in [2.75, 3.05) is 0 Å². The van der Waals surface area contributed by atoms with Crippen molar-refractivity contribution in [3.05, 3.63) is 39.9 Å². The number of carbonyl (C=O) groups excluding carboxylic acids is 2. The standard InChI is InChI=1S/C15H17N5O4S/c1-9(2)17-13(21)7-12-14(22)18-15(25-12)19-16-8-10-3-5-11(6-4-10)20(23)24/h3-6,8-9,12H,7H2,1-2H3,(H,17,21)(H,18,19,22). The van der Waals surface area contributed by atoms with E-state index in [1.165, 1.54) is 18.3 Å². The van der Waals surface area contributed by atoms with E-state index in [1.807, 2.05) is 13.8 Å². The van der Waals surface area contributed by atoms with Crippen LogP contribution in [-0.2, 0) is 9.59 Å². The highest BCUT2D eigenvalue weighted by Crippen LogP contribution is 2.22. The molecule has 1 fully saturated rings. The van der Waals surface area contributed by atoms with Crippen LogP contribution in [0.25, 0.3) is 0 Å². The maximum Gasteiger partial charge on any atom is 0.269 e. The van der Waals surface area contributed by atoms with E-state index in [0.717, 1.165) is 11.8 Å². The van der Waals surface area contributed by atoms with Gasteiger partial charge < -0.3 is 10.6 Å². The lowest BCUT2D eigenvalue weighted by molar-refractivity contribution is -0.384. The lowest BCUT2D eigenvalue weighted by Gasteiger charge is -2.09. The molecule has 0 radical (unpaired) electrons. The van der Waals surface area contributed by atoms with Crippen molar-refractivity contribution < 1.29 is 14.5 Å². The number of carbonyl (C=O) groups is 2. The van der Waals surface area contributed by atoms with Gasteiger partial charge in [0.25, 0.3) is 5.69 Å². The first-order valence-corrected chi connectivity index (χ1v) is 8.35. The minimum atomic E-state index is -0.535. The van der Waals surface area contributed by atoms with Crippen LogP contribution in [0.15, 0.2) is 34.5 Å². The molecule has 1 unspecified atom stereocenters. The molecule has 0 saturated carbocycles. The van der Waals surface area contributed by atoms with E-state index in [2.05, 4.69) is 20.8 Å². The molecule has 9 nitrogen and oxygen atoms in total. The molecular formula is C15H17N5O4S. The summed E-state index contributed by atoms with van der Waals surface area (Å²) in [6, 6.07) is 5.83. The second-order valence-electron chi connectivity index (χ2n) is 5.52. The van der Waals surface area contributed by atoms with Gasteiger partial charge in [-0.1, -0.05) is 11.8 Å². The minimum absolute atomic E-state index is 0.00964. The van der Waals surface area contributed by atoms with Crippen LogP contribution in [0.1, 0.15) is 25.8 Å². The number of amides is 2. The highest BCUT2D eigenvalue weighted by molar-refractivity contribution is 8.15. The Morgan fingerprint density at radius 2 is 2.12 bits per heavy atom. The molecule has 1 aliphatic heterocycles. The van der Waals surface area contributed by atoms with Crippen molar-refractivity contribution in [3.8, 4) is 0 Å². The Kier molecular flexibility index (Phi) is 6.23. The molecule has 0 aliphatic carbocycles. The third kappa shape index (κ3) is 5.68. The summed E-state index contributed by atoms with van der Waals surface area (Å²) in [7, 11) is 0. The highest BCUT2D eigenvalue weighted by atomic mass is 32.2. The fourth-order valence-electron chi connectivity index (χ4n) is 1.97. The normalized spacial score (nSPS) is 18.8. The van der Waals surface area contributed by atoms with Crippen molar-refractivity contribution in [1.82, 2.24) is 10.6 Å². The van der Waals surface area contributed by atoms with E-state index in [9.17, 15) is 19.7 Å². The zero-order chi connectivity index (χ0) is 18.4. The first kappa shape index (κ1) is 18.6. The lowest BCUT2D eigenvalue weighted by atomic mass is 10.2. The Morgan fingerprint density at radius 3 is 2.72 bits per heavy atom. The van der Waals surface area contributed by atoms with E-state index in [1.54, 1.807) is 12.1 Å². The largest absolute Gasteiger partial charge is 0.354 e. The molecule has 2 rings (SSSR count). The highest BCUT2D eigenvalue weighted by Gasteiger charge is 2.32. The first-order valence-electron chi connectivity index (χ1n) is 7.47. The van der Waals surface area contributed by atoms with Crippen molar-refractivity contribution in [1.29, 1.82) is 0 Å². The summed E-state index contributed by atoms with van der Waals surface area (Å²) < 4.78 is 0. The average Bonchev–Trinajstić information content (AvgIpc) is 2.86. The summed E-state index contributed by atoms with van der Waals surface area (Å²) >= 11 is 1.14. The molecular weight excluding hydrogens is 346 g/mol. The Hall–Kier alpha value is -2.75. The summed E-state index contributed by atoms with van der Waals surface area (Å²) in [4.78, 5) is 33.6. The number of nitrogens with one attached hydrogen (secondary N) is 2. The van der Waals surface area contributed by atoms with Crippen molar-refractivity contribution in [2.24, 2.45) is 10.2 Å². The molecule has 25 heavy (non-hydrogen) atoms. The first-order chi connectivity index (χ1) is 11.8. The third-order valence-electron chi connectivity index (χ3n) is 3.06. The fraction of sp³-hybridized carbons (Fsp3) is 0.333. The predicted octanol–water partition coefficient (Wildman–Crippen LogP) is 1.43. The smallest absolute Gasteiger partial charge is 0.269 e. The van der Waals surface area contributed by atoms with Crippen LogP contribution in [0, 0.1) is 10.1 Å². The molecule has 1 aromatic rings. The quantitative estimate of drug-likeness (QED) is 0.449. The van der Waals surface area contributed by atoms with Gasteiger partial charge in [-0.2, -0.15) is 5.10 Å². The number of nitro groups is 1. The van der Waals surface area contributed by atoms with Crippen LogP contribution in [0.5, 0.6) is 0 Å². The summed E-state index contributed by atoms with van der Waals surface area (Å²) in [5, 5.41) is 23.4. The maximum atomic E-state index is 11.8. The van der Waals surface area contributed by atoms with Gasteiger partial charge in [-0.25, -0.2) is 0 Å². The third-order valence-corrected chi connectivity index (χ3v) is 4.13. The van der Waals surface area contributed by atoms with Gasteiger partial charge in [0, 0.05) is 24.6 Å². The predicted molar refractivity (Wildman–Crippen MR) is 95.5 cm³/mol. The van der Waals surface area contributed by atoms with Gasteiger partial charge >= 0.3 is 0 Å². The average molecular weight is 363 g/mol. The Bertz CT molecular complexity index is 730. The monoisotopic (exact) mass is 363 g/mol. The van der Waals surface area contributed by atoms with Crippen LogP contribution < -0.4 is 10.6 Å². The maximum absolute atomic E-state index is 11.8. The van der Waals surface area contributed by atoms with E-state index in [0.29, 0.717) is 10.7 Å². The number of hydrogen-bond donors (Lipinski definition) is 2. The molecule has 132 valence electrons. The van der Waals surface area contributed by atoms with Gasteiger partial charge in [-0.3, -0.25) is 19.7 Å². The van der Waals surface area contributed by atoms with E-state index in [-0.39, 0.29) is 30.0 Å². The second kappa shape index (κ2) is 8.38. The molecule has 2 amide bonds. The van der Waals surface area contributed by atoms with Crippen molar-refractivity contribution >= 4 is 40.6 Å². The molecule has 0 bridgehead atoms. The van der Waals surface area contributed by atoms with Crippen molar-refractivity contribution in [3.63, 3.8) is 0 Å². The summed E-state index contributed by atoms with van der Waals surface area (Å²) in [6.07, 6.45) is 1.49. The Labute approximate surface area is 148 Å². The van der Waals surface area contributed by atoms with Gasteiger partial charge in [0.15, 0.2) is 5.17 Å². The van der Waals surface area contributed by atoms with E-state index >= 15 is 0 Å². The molecule has 1 heterocycles. The Morgan fingerprint density at radius 1 is 1.44 bits per heavy atom. The molecule has 2 N–H and O–H groups in total. The van der Waals surface area contributed by atoms with Crippen LogP contribution in [-0.4, -0.2) is 39.4 Å². The number of nitro benzene ring substituents is 1. The van der Waals surface area contributed by atoms with E-state index < -0.39 is 10.2 Å². The minimum Gasteiger partial charge on any atom is -0.354 e.